The zero-order chi connectivity index (χ0) is 21.6. The molecular formula is C24H32N6O. The molecule has 4 rings (SSSR count). The molecule has 0 N–H and O–H groups in total. The lowest BCUT2D eigenvalue weighted by Gasteiger charge is -2.35. The number of hydrogen-bond acceptors (Lipinski definition) is 5. The molecule has 0 unspecified atom stereocenters. The average Bonchev–Trinajstić information content (AvgIpc) is 3.23. The molecule has 0 saturated carbocycles. The molecule has 1 saturated heterocycles. The van der Waals surface area contributed by atoms with Crippen molar-refractivity contribution in [1.82, 2.24) is 24.6 Å². The third-order valence-corrected chi connectivity index (χ3v) is 5.86. The van der Waals surface area contributed by atoms with Crippen LogP contribution in [0.25, 0.3) is 16.7 Å². The van der Waals surface area contributed by atoms with Crippen molar-refractivity contribution < 1.29 is 4.79 Å². The van der Waals surface area contributed by atoms with Gasteiger partial charge in [0.05, 0.1) is 17.3 Å². The summed E-state index contributed by atoms with van der Waals surface area (Å²) in [4.78, 5) is 26.5. The first-order valence-electron chi connectivity index (χ1n) is 11.5. The second kappa shape index (κ2) is 9.90. The number of aryl methyl sites for hydroxylation is 1. The van der Waals surface area contributed by atoms with Gasteiger partial charge in [-0.2, -0.15) is 5.10 Å². The van der Waals surface area contributed by atoms with Crippen LogP contribution in [-0.4, -0.2) is 56.7 Å². The van der Waals surface area contributed by atoms with E-state index in [4.69, 9.17) is 9.97 Å². The van der Waals surface area contributed by atoms with Crippen LogP contribution < -0.4 is 4.90 Å². The van der Waals surface area contributed by atoms with E-state index in [2.05, 4.69) is 23.8 Å². The number of hydrogen-bond donors (Lipinski definition) is 0. The molecule has 7 heteroatoms. The molecule has 1 aromatic carbocycles. The Morgan fingerprint density at radius 1 is 0.968 bits per heavy atom. The minimum Gasteiger partial charge on any atom is -0.352 e. The number of benzene rings is 1. The van der Waals surface area contributed by atoms with Gasteiger partial charge in [0.25, 0.3) is 0 Å². The third-order valence-electron chi connectivity index (χ3n) is 5.86. The third kappa shape index (κ3) is 4.70. The van der Waals surface area contributed by atoms with E-state index in [1.165, 1.54) is 0 Å². The lowest BCUT2D eigenvalue weighted by atomic mass is 10.2. The summed E-state index contributed by atoms with van der Waals surface area (Å²) in [7, 11) is 0. The van der Waals surface area contributed by atoms with Crippen LogP contribution in [0.4, 0.5) is 5.82 Å². The molecule has 1 aliphatic heterocycles. The number of carbonyl (C=O) groups excluding carboxylic acids is 1. The van der Waals surface area contributed by atoms with Crippen LogP contribution in [-0.2, 0) is 11.2 Å². The zero-order valence-corrected chi connectivity index (χ0v) is 18.6. The maximum absolute atomic E-state index is 12.5. The maximum atomic E-state index is 12.5. The number of anilines is 1. The van der Waals surface area contributed by atoms with E-state index >= 15 is 0 Å². The minimum absolute atomic E-state index is 0.282. The SMILES string of the molecule is CCCCCC(=O)N1CCN(c2nc(CCC)nc3c2cnn3-c2ccccc2)CC1. The van der Waals surface area contributed by atoms with Crippen LogP contribution in [0.2, 0.25) is 0 Å². The van der Waals surface area contributed by atoms with Gasteiger partial charge in [0.2, 0.25) is 5.91 Å². The predicted octanol–water partition coefficient (Wildman–Crippen LogP) is 4.00. The highest BCUT2D eigenvalue weighted by Gasteiger charge is 2.24. The number of para-hydroxylation sites is 1. The van der Waals surface area contributed by atoms with Gasteiger partial charge in [-0.1, -0.05) is 44.9 Å². The standard InChI is InChI=1S/C24H32N6O/c1-3-5-7-13-22(31)28-14-16-29(17-15-28)23-20-18-25-30(19-11-8-6-9-12-19)24(20)27-21(26-23)10-4-2/h6,8-9,11-12,18H,3-5,7,10,13-17H2,1-2H3. The Bertz CT molecular complexity index is 1010. The first-order chi connectivity index (χ1) is 15.2. The molecule has 0 aliphatic carbocycles. The van der Waals surface area contributed by atoms with E-state index in [-0.39, 0.29) is 5.91 Å². The van der Waals surface area contributed by atoms with Gasteiger partial charge in [-0.3, -0.25) is 4.79 Å². The maximum Gasteiger partial charge on any atom is 0.222 e. The molecule has 1 fully saturated rings. The van der Waals surface area contributed by atoms with Gasteiger partial charge in [-0.15, -0.1) is 0 Å². The van der Waals surface area contributed by atoms with Crippen molar-refractivity contribution in [2.45, 2.75) is 52.4 Å². The summed E-state index contributed by atoms with van der Waals surface area (Å²) in [5.74, 6) is 2.07. The molecule has 3 heterocycles. The van der Waals surface area contributed by atoms with Crippen LogP contribution in [0.1, 0.15) is 51.8 Å². The zero-order valence-electron chi connectivity index (χ0n) is 18.6. The summed E-state index contributed by atoms with van der Waals surface area (Å²) in [5.41, 5.74) is 1.84. The van der Waals surface area contributed by atoms with Crippen molar-refractivity contribution in [3.8, 4) is 5.69 Å². The fourth-order valence-electron chi connectivity index (χ4n) is 4.12. The van der Waals surface area contributed by atoms with Crippen molar-refractivity contribution in [2.24, 2.45) is 0 Å². The van der Waals surface area contributed by atoms with Gasteiger partial charge in [0, 0.05) is 39.0 Å². The fraction of sp³-hybridized carbons (Fsp3) is 0.500. The lowest BCUT2D eigenvalue weighted by molar-refractivity contribution is -0.131. The van der Waals surface area contributed by atoms with Gasteiger partial charge in [-0.05, 0) is 25.0 Å². The number of rotatable bonds is 8. The van der Waals surface area contributed by atoms with Crippen molar-refractivity contribution >= 4 is 22.8 Å². The summed E-state index contributed by atoms with van der Waals surface area (Å²) in [6.45, 7) is 7.36. The van der Waals surface area contributed by atoms with E-state index in [9.17, 15) is 4.79 Å². The molecule has 31 heavy (non-hydrogen) atoms. The first-order valence-corrected chi connectivity index (χ1v) is 11.5. The molecule has 2 aromatic heterocycles. The molecule has 3 aromatic rings. The van der Waals surface area contributed by atoms with Crippen molar-refractivity contribution in [3.63, 3.8) is 0 Å². The molecule has 7 nitrogen and oxygen atoms in total. The molecule has 0 atom stereocenters. The summed E-state index contributed by atoms with van der Waals surface area (Å²) >= 11 is 0. The Labute approximate surface area is 184 Å². The normalized spacial score (nSPS) is 14.4. The van der Waals surface area contributed by atoms with Crippen molar-refractivity contribution in [3.05, 3.63) is 42.4 Å². The van der Waals surface area contributed by atoms with Gasteiger partial charge in [0.15, 0.2) is 5.65 Å². The number of amides is 1. The Kier molecular flexibility index (Phi) is 6.79. The summed E-state index contributed by atoms with van der Waals surface area (Å²) in [6.07, 6.45) is 7.61. The smallest absolute Gasteiger partial charge is 0.222 e. The van der Waals surface area contributed by atoms with Gasteiger partial charge < -0.3 is 9.80 Å². The first kappa shape index (κ1) is 21.3. The lowest BCUT2D eigenvalue weighted by Crippen LogP contribution is -2.49. The molecule has 0 bridgehead atoms. The van der Waals surface area contributed by atoms with E-state index < -0.39 is 0 Å². The largest absolute Gasteiger partial charge is 0.352 e. The number of aromatic nitrogens is 4. The highest BCUT2D eigenvalue weighted by Crippen LogP contribution is 2.27. The second-order valence-electron chi connectivity index (χ2n) is 8.17. The number of fused-ring (bicyclic) bond motifs is 1. The van der Waals surface area contributed by atoms with Crippen LogP contribution in [0, 0.1) is 0 Å². The van der Waals surface area contributed by atoms with Crippen LogP contribution in [0.5, 0.6) is 0 Å². The summed E-state index contributed by atoms with van der Waals surface area (Å²) in [5, 5.41) is 5.59. The van der Waals surface area contributed by atoms with E-state index in [1.54, 1.807) is 0 Å². The number of nitrogens with zero attached hydrogens (tertiary/aromatic N) is 6. The summed E-state index contributed by atoms with van der Waals surface area (Å²) < 4.78 is 1.90. The Morgan fingerprint density at radius 3 is 2.45 bits per heavy atom. The van der Waals surface area contributed by atoms with Crippen molar-refractivity contribution in [1.29, 1.82) is 0 Å². The molecule has 0 radical (unpaired) electrons. The Balaban J connectivity index is 1.58. The molecule has 1 amide bonds. The van der Waals surface area contributed by atoms with Crippen molar-refractivity contribution in [2.75, 3.05) is 31.1 Å². The summed E-state index contributed by atoms with van der Waals surface area (Å²) in [6, 6.07) is 10.1. The number of piperazine rings is 1. The second-order valence-corrected chi connectivity index (χ2v) is 8.17. The predicted molar refractivity (Wildman–Crippen MR) is 124 cm³/mol. The Morgan fingerprint density at radius 2 is 1.74 bits per heavy atom. The van der Waals surface area contributed by atoms with Gasteiger partial charge in [-0.25, -0.2) is 14.6 Å². The topological polar surface area (TPSA) is 67.2 Å². The van der Waals surface area contributed by atoms with Crippen LogP contribution in [0.3, 0.4) is 0 Å². The van der Waals surface area contributed by atoms with Gasteiger partial charge in [0.1, 0.15) is 11.6 Å². The Hall–Kier alpha value is -2.96. The quantitative estimate of drug-likeness (QED) is 0.515. The highest BCUT2D eigenvalue weighted by atomic mass is 16.2. The van der Waals surface area contributed by atoms with Crippen LogP contribution in [0.15, 0.2) is 36.5 Å². The van der Waals surface area contributed by atoms with Gasteiger partial charge >= 0.3 is 0 Å². The van der Waals surface area contributed by atoms with E-state index in [0.29, 0.717) is 6.42 Å². The highest BCUT2D eigenvalue weighted by molar-refractivity contribution is 5.88. The van der Waals surface area contributed by atoms with Crippen LogP contribution >= 0.6 is 0 Å². The monoisotopic (exact) mass is 420 g/mol. The molecule has 0 spiro atoms. The molecular weight excluding hydrogens is 388 g/mol. The number of carbonyl (C=O) groups is 1. The number of unbranched alkanes of at least 4 members (excludes halogenated alkanes) is 2. The molecule has 1 aliphatic rings. The fourth-order valence-corrected chi connectivity index (χ4v) is 4.12. The van der Waals surface area contributed by atoms with E-state index in [0.717, 1.165) is 86.6 Å². The van der Waals surface area contributed by atoms with E-state index in [1.807, 2.05) is 46.1 Å². The average molecular weight is 421 g/mol. The minimum atomic E-state index is 0.282. The molecule has 164 valence electrons.